The van der Waals surface area contributed by atoms with Gasteiger partial charge < -0.3 is 5.73 Å². The minimum absolute atomic E-state index is 0.120. The Balaban J connectivity index is 2.66. The van der Waals surface area contributed by atoms with Crippen molar-refractivity contribution in [2.75, 3.05) is 5.73 Å². The Kier molecular flexibility index (Phi) is 1.89. The zero-order chi connectivity index (χ0) is 10.1. The van der Waals surface area contributed by atoms with Crippen LogP contribution in [0, 0.1) is 0 Å². The molecule has 0 spiro atoms. The molecule has 1 aromatic heterocycles. The number of H-pyrrole nitrogens is 1. The number of hydrogen-bond acceptors (Lipinski definition) is 2. The maximum Gasteiger partial charge on any atom is 0.264 e. The van der Waals surface area contributed by atoms with Crippen LogP contribution in [0.1, 0.15) is 0 Å². The number of hydrogen-bond donors (Lipinski definition) is 2. The van der Waals surface area contributed by atoms with Gasteiger partial charge in [0.1, 0.15) is 0 Å². The van der Waals surface area contributed by atoms with E-state index in [-0.39, 0.29) is 5.56 Å². The summed E-state index contributed by atoms with van der Waals surface area (Å²) in [5, 5.41) is 2.64. The van der Waals surface area contributed by atoms with E-state index < -0.39 is 0 Å². The zero-order valence-electron chi connectivity index (χ0n) is 7.82. The molecule has 2 aromatic rings. The number of aryl methyl sites for hydroxylation is 1. The Bertz CT molecular complexity index is 510. The molecule has 0 saturated carbocycles. The highest BCUT2D eigenvalue weighted by molar-refractivity contribution is 5.73. The lowest BCUT2D eigenvalue weighted by molar-refractivity contribution is 0.764. The minimum Gasteiger partial charge on any atom is -0.398 e. The lowest BCUT2D eigenvalue weighted by atomic mass is 10.1. The van der Waals surface area contributed by atoms with Gasteiger partial charge in [-0.2, -0.15) is 0 Å². The molecule has 0 radical (unpaired) electrons. The molecule has 0 bridgehead atoms. The first-order valence-corrected chi connectivity index (χ1v) is 4.29. The monoisotopic (exact) mass is 189 g/mol. The number of nitrogens with one attached hydrogen (secondary N) is 1. The molecule has 0 atom stereocenters. The van der Waals surface area contributed by atoms with Gasteiger partial charge in [0.25, 0.3) is 5.56 Å². The second kappa shape index (κ2) is 3.06. The largest absolute Gasteiger partial charge is 0.398 e. The quantitative estimate of drug-likeness (QED) is 0.656. The lowest BCUT2D eigenvalue weighted by Gasteiger charge is -2.04. The molecular weight excluding hydrogens is 178 g/mol. The molecule has 0 saturated heterocycles. The van der Waals surface area contributed by atoms with Crippen molar-refractivity contribution >= 4 is 5.69 Å². The summed E-state index contributed by atoms with van der Waals surface area (Å²) in [5.41, 5.74) is 8.02. The van der Waals surface area contributed by atoms with Gasteiger partial charge in [0.15, 0.2) is 0 Å². The molecule has 4 nitrogen and oxygen atoms in total. The number of nitrogens with two attached hydrogens (primary N) is 1. The van der Waals surface area contributed by atoms with Gasteiger partial charge in [-0.3, -0.25) is 14.6 Å². The van der Waals surface area contributed by atoms with Crippen LogP contribution in [-0.2, 0) is 7.05 Å². The molecule has 14 heavy (non-hydrogen) atoms. The summed E-state index contributed by atoms with van der Waals surface area (Å²) in [6, 6.07) is 8.99. The van der Waals surface area contributed by atoms with Crippen LogP contribution in [0.15, 0.2) is 35.1 Å². The number of aromatic nitrogens is 2. The van der Waals surface area contributed by atoms with Crippen LogP contribution in [0.3, 0.4) is 0 Å². The van der Waals surface area contributed by atoms with Crippen LogP contribution in [0.25, 0.3) is 11.3 Å². The molecule has 0 aliphatic rings. The van der Waals surface area contributed by atoms with Crippen molar-refractivity contribution in [3.8, 4) is 11.3 Å². The fraction of sp³-hybridized carbons (Fsp3) is 0.100. The molecule has 3 N–H and O–H groups in total. The first kappa shape index (κ1) is 8.62. The summed E-state index contributed by atoms with van der Waals surface area (Å²) < 4.78 is 1.66. The molecule has 1 aromatic carbocycles. The molecule has 0 aliphatic carbocycles. The van der Waals surface area contributed by atoms with Gasteiger partial charge in [0, 0.05) is 24.4 Å². The highest BCUT2D eigenvalue weighted by Crippen LogP contribution is 2.22. The van der Waals surface area contributed by atoms with E-state index in [4.69, 9.17) is 5.73 Å². The van der Waals surface area contributed by atoms with E-state index >= 15 is 0 Å². The van der Waals surface area contributed by atoms with Gasteiger partial charge in [0.2, 0.25) is 0 Å². The van der Waals surface area contributed by atoms with E-state index in [9.17, 15) is 4.79 Å². The summed E-state index contributed by atoms with van der Waals surface area (Å²) in [4.78, 5) is 11.1. The summed E-state index contributed by atoms with van der Waals surface area (Å²) in [7, 11) is 1.78. The van der Waals surface area contributed by atoms with Crippen molar-refractivity contribution in [1.82, 2.24) is 9.78 Å². The minimum atomic E-state index is -0.120. The number of benzene rings is 1. The molecule has 0 unspecified atom stereocenters. The Morgan fingerprint density at radius 1 is 1.36 bits per heavy atom. The van der Waals surface area contributed by atoms with Crippen molar-refractivity contribution in [3.05, 3.63) is 40.7 Å². The smallest absolute Gasteiger partial charge is 0.264 e. The van der Waals surface area contributed by atoms with Gasteiger partial charge in [0.05, 0.1) is 5.69 Å². The number of rotatable bonds is 1. The Hall–Kier alpha value is -1.97. The van der Waals surface area contributed by atoms with E-state index in [0.717, 1.165) is 11.3 Å². The van der Waals surface area contributed by atoms with E-state index in [2.05, 4.69) is 5.10 Å². The average molecular weight is 189 g/mol. The van der Waals surface area contributed by atoms with Crippen LogP contribution in [0.4, 0.5) is 5.69 Å². The molecule has 0 aliphatic heterocycles. The number of nitrogens with zero attached hydrogens (tertiary/aromatic N) is 1. The predicted octanol–water partition coefficient (Wildman–Crippen LogP) is 0.963. The second-order valence-electron chi connectivity index (χ2n) is 3.15. The van der Waals surface area contributed by atoms with Gasteiger partial charge in [-0.25, -0.2) is 0 Å². The fourth-order valence-electron chi connectivity index (χ4n) is 1.47. The molecule has 1 heterocycles. The van der Waals surface area contributed by atoms with E-state index in [1.165, 1.54) is 6.07 Å². The summed E-state index contributed by atoms with van der Waals surface area (Å²) >= 11 is 0. The van der Waals surface area contributed by atoms with Crippen LogP contribution in [0.5, 0.6) is 0 Å². The highest BCUT2D eigenvalue weighted by Gasteiger charge is 2.06. The average Bonchev–Trinajstić information content (AvgIpc) is 2.46. The van der Waals surface area contributed by atoms with Crippen molar-refractivity contribution in [3.63, 3.8) is 0 Å². The Labute approximate surface area is 81.0 Å². The van der Waals surface area contributed by atoms with Crippen molar-refractivity contribution in [1.29, 1.82) is 0 Å². The fourth-order valence-corrected chi connectivity index (χ4v) is 1.47. The van der Waals surface area contributed by atoms with Gasteiger partial charge >= 0.3 is 0 Å². The Morgan fingerprint density at radius 3 is 2.64 bits per heavy atom. The van der Waals surface area contributed by atoms with Crippen LogP contribution in [-0.4, -0.2) is 9.78 Å². The standard InChI is InChI=1S/C10H11N3O/c1-13-9(6-10(14)12-13)7-4-2-3-5-8(7)11/h2-6H,11H2,1H3,(H,12,14). The number of aromatic amines is 1. The molecular formula is C10H11N3O. The topological polar surface area (TPSA) is 63.8 Å². The number of para-hydroxylation sites is 1. The van der Waals surface area contributed by atoms with Gasteiger partial charge in [-0.05, 0) is 6.07 Å². The Morgan fingerprint density at radius 2 is 2.07 bits per heavy atom. The molecule has 0 amide bonds. The van der Waals surface area contributed by atoms with Crippen LogP contribution < -0.4 is 11.3 Å². The molecule has 4 heteroatoms. The molecule has 72 valence electrons. The number of nitrogen functional groups attached to an aromatic ring is 1. The van der Waals surface area contributed by atoms with Gasteiger partial charge in [-0.1, -0.05) is 18.2 Å². The van der Waals surface area contributed by atoms with E-state index in [0.29, 0.717) is 5.69 Å². The lowest BCUT2D eigenvalue weighted by Crippen LogP contribution is -2.01. The van der Waals surface area contributed by atoms with Crippen LogP contribution in [0.2, 0.25) is 0 Å². The maximum atomic E-state index is 11.1. The highest BCUT2D eigenvalue weighted by atomic mass is 16.1. The van der Waals surface area contributed by atoms with E-state index in [1.54, 1.807) is 11.7 Å². The third-order valence-corrected chi connectivity index (χ3v) is 2.14. The predicted molar refractivity (Wildman–Crippen MR) is 55.9 cm³/mol. The summed E-state index contributed by atoms with van der Waals surface area (Å²) in [5.74, 6) is 0. The SMILES string of the molecule is Cn1[nH]c(=O)cc1-c1ccccc1N. The summed E-state index contributed by atoms with van der Waals surface area (Å²) in [6.45, 7) is 0. The zero-order valence-corrected chi connectivity index (χ0v) is 7.82. The van der Waals surface area contributed by atoms with Crippen molar-refractivity contribution in [2.45, 2.75) is 0 Å². The van der Waals surface area contributed by atoms with E-state index in [1.807, 2.05) is 24.3 Å². The van der Waals surface area contributed by atoms with Gasteiger partial charge in [-0.15, -0.1) is 0 Å². The molecule has 0 fully saturated rings. The third-order valence-electron chi connectivity index (χ3n) is 2.14. The first-order valence-electron chi connectivity index (χ1n) is 4.29. The van der Waals surface area contributed by atoms with Crippen LogP contribution >= 0.6 is 0 Å². The third kappa shape index (κ3) is 1.31. The van der Waals surface area contributed by atoms with Crippen molar-refractivity contribution < 1.29 is 0 Å². The maximum absolute atomic E-state index is 11.1. The molecule has 2 rings (SSSR count). The number of anilines is 1. The first-order chi connectivity index (χ1) is 6.68. The summed E-state index contributed by atoms with van der Waals surface area (Å²) in [6.07, 6.45) is 0. The normalized spacial score (nSPS) is 10.4. The van der Waals surface area contributed by atoms with Crippen molar-refractivity contribution in [2.24, 2.45) is 7.05 Å². The second-order valence-corrected chi connectivity index (χ2v) is 3.15.